The number of ether oxygens (including phenoxy) is 2. The van der Waals surface area contributed by atoms with Gasteiger partial charge in [0.05, 0.1) is 12.8 Å². The summed E-state index contributed by atoms with van der Waals surface area (Å²) in [5.41, 5.74) is 1.04. The van der Waals surface area contributed by atoms with Crippen LogP contribution in [0.25, 0.3) is 0 Å². The fourth-order valence-corrected chi connectivity index (χ4v) is 2.01. The van der Waals surface area contributed by atoms with Gasteiger partial charge < -0.3 is 19.6 Å². The van der Waals surface area contributed by atoms with E-state index in [-0.39, 0.29) is 12.5 Å². The molecule has 1 aromatic carbocycles. The first-order valence-electron chi connectivity index (χ1n) is 6.82. The largest absolute Gasteiger partial charge is 0.497 e. The van der Waals surface area contributed by atoms with Gasteiger partial charge in [-0.1, -0.05) is 5.16 Å². The molecule has 21 heavy (non-hydrogen) atoms. The van der Waals surface area contributed by atoms with E-state index in [1.54, 1.807) is 44.2 Å². The van der Waals surface area contributed by atoms with E-state index in [9.17, 15) is 4.79 Å². The van der Waals surface area contributed by atoms with Gasteiger partial charge in [0.15, 0.2) is 6.61 Å². The van der Waals surface area contributed by atoms with Gasteiger partial charge in [-0.15, -0.1) is 0 Å². The lowest BCUT2D eigenvalue weighted by Crippen LogP contribution is -2.33. The molecule has 1 saturated carbocycles. The highest BCUT2D eigenvalue weighted by molar-refractivity contribution is 6.01. The van der Waals surface area contributed by atoms with Crippen molar-refractivity contribution in [2.45, 2.75) is 25.8 Å². The number of hydrogen-bond donors (Lipinski definition) is 1. The second kappa shape index (κ2) is 6.47. The highest BCUT2D eigenvalue weighted by Gasteiger charge is 2.29. The van der Waals surface area contributed by atoms with Crippen molar-refractivity contribution < 1.29 is 19.5 Å². The zero-order chi connectivity index (χ0) is 15.4. The quantitative estimate of drug-likeness (QED) is 0.494. The predicted octanol–water partition coefficient (Wildman–Crippen LogP) is 1.89. The Hall–Kier alpha value is -2.24. The van der Waals surface area contributed by atoms with Gasteiger partial charge >= 0.3 is 0 Å². The number of hydrogen-bond acceptors (Lipinski definition) is 5. The first-order valence-corrected chi connectivity index (χ1v) is 6.82. The zero-order valence-corrected chi connectivity index (χ0v) is 12.5. The van der Waals surface area contributed by atoms with Crippen molar-refractivity contribution in [1.82, 2.24) is 4.90 Å². The number of nitrogens with zero attached hydrogens (tertiary/aromatic N) is 2. The van der Waals surface area contributed by atoms with E-state index in [2.05, 4.69) is 5.16 Å². The van der Waals surface area contributed by atoms with Crippen LogP contribution in [0.5, 0.6) is 11.5 Å². The number of likely N-dealkylation sites (N-methyl/N-ethyl adjacent to an activating group) is 1. The molecular weight excluding hydrogens is 272 g/mol. The summed E-state index contributed by atoms with van der Waals surface area (Å²) in [6.45, 7) is 1.61. The van der Waals surface area contributed by atoms with Crippen molar-refractivity contribution in [2.75, 3.05) is 20.8 Å². The molecule has 114 valence electrons. The molecule has 1 aliphatic carbocycles. The molecule has 6 nitrogen and oxygen atoms in total. The maximum absolute atomic E-state index is 12.0. The fourth-order valence-electron chi connectivity index (χ4n) is 2.01. The van der Waals surface area contributed by atoms with Gasteiger partial charge in [-0.3, -0.25) is 4.79 Å². The van der Waals surface area contributed by atoms with Crippen LogP contribution < -0.4 is 9.47 Å². The minimum atomic E-state index is -0.0649. The minimum Gasteiger partial charge on any atom is -0.497 e. The first-order chi connectivity index (χ1) is 10.1. The van der Waals surface area contributed by atoms with E-state index < -0.39 is 0 Å². The van der Waals surface area contributed by atoms with Crippen LogP contribution in [0.3, 0.4) is 0 Å². The molecule has 2 rings (SSSR count). The summed E-state index contributed by atoms with van der Waals surface area (Å²) in [6, 6.07) is 5.51. The summed E-state index contributed by atoms with van der Waals surface area (Å²) in [6.07, 6.45) is 2.12. The SMILES string of the molecule is COc1ccc(/C(C)=N/O)c(OCC(=O)N(C)C2CC2)c1. The third kappa shape index (κ3) is 3.65. The number of carbonyl (C=O) groups is 1. The van der Waals surface area contributed by atoms with E-state index >= 15 is 0 Å². The summed E-state index contributed by atoms with van der Waals surface area (Å²) in [4.78, 5) is 13.7. The van der Waals surface area contributed by atoms with Crippen LogP contribution in [0.2, 0.25) is 0 Å². The number of carbonyl (C=O) groups excluding carboxylic acids is 1. The van der Waals surface area contributed by atoms with Gasteiger partial charge in [0, 0.05) is 24.7 Å². The van der Waals surface area contributed by atoms with Crippen LogP contribution >= 0.6 is 0 Å². The van der Waals surface area contributed by atoms with Gasteiger partial charge in [0.25, 0.3) is 5.91 Å². The van der Waals surface area contributed by atoms with E-state index in [4.69, 9.17) is 14.7 Å². The third-order valence-corrected chi connectivity index (χ3v) is 3.57. The molecule has 0 aromatic heterocycles. The summed E-state index contributed by atoms with van der Waals surface area (Å²) < 4.78 is 10.7. The molecule has 6 heteroatoms. The lowest BCUT2D eigenvalue weighted by Gasteiger charge is -2.17. The Kier molecular flexibility index (Phi) is 4.67. The number of rotatable bonds is 6. The Morgan fingerprint density at radius 1 is 1.48 bits per heavy atom. The molecule has 0 radical (unpaired) electrons. The molecule has 0 bridgehead atoms. The maximum atomic E-state index is 12.0. The van der Waals surface area contributed by atoms with Crippen LogP contribution in [-0.4, -0.2) is 48.5 Å². The smallest absolute Gasteiger partial charge is 0.260 e. The molecule has 1 amide bonds. The molecule has 0 heterocycles. The van der Waals surface area contributed by atoms with Gasteiger partial charge in [-0.25, -0.2) is 0 Å². The van der Waals surface area contributed by atoms with Gasteiger partial charge in [-0.05, 0) is 31.9 Å². The molecule has 0 atom stereocenters. The molecule has 1 fully saturated rings. The predicted molar refractivity (Wildman–Crippen MR) is 78.3 cm³/mol. The highest BCUT2D eigenvalue weighted by atomic mass is 16.5. The van der Waals surface area contributed by atoms with Gasteiger partial charge in [-0.2, -0.15) is 0 Å². The Balaban J connectivity index is 2.11. The second-order valence-electron chi connectivity index (χ2n) is 5.07. The van der Waals surface area contributed by atoms with Crippen molar-refractivity contribution in [2.24, 2.45) is 5.16 Å². The van der Waals surface area contributed by atoms with Crippen molar-refractivity contribution in [3.8, 4) is 11.5 Å². The molecule has 0 unspecified atom stereocenters. The first kappa shape index (κ1) is 15.2. The Labute approximate surface area is 124 Å². The summed E-state index contributed by atoms with van der Waals surface area (Å²) in [5.74, 6) is 1.01. The van der Waals surface area contributed by atoms with E-state index in [0.29, 0.717) is 28.8 Å². The van der Waals surface area contributed by atoms with Crippen molar-refractivity contribution in [3.05, 3.63) is 23.8 Å². The van der Waals surface area contributed by atoms with Crippen LogP contribution in [0.15, 0.2) is 23.4 Å². The molecule has 1 N–H and O–H groups in total. The Morgan fingerprint density at radius 2 is 2.19 bits per heavy atom. The van der Waals surface area contributed by atoms with Crippen LogP contribution in [0, 0.1) is 0 Å². The average Bonchev–Trinajstić information content (AvgIpc) is 3.35. The fraction of sp³-hybridized carbons (Fsp3) is 0.467. The van der Waals surface area contributed by atoms with Crippen LogP contribution in [0.4, 0.5) is 0 Å². The van der Waals surface area contributed by atoms with E-state index in [0.717, 1.165) is 12.8 Å². The van der Waals surface area contributed by atoms with Gasteiger partial charge in [0.2, 0.25) is 0 Å². The van der Waals surface area contributed by atoms with Gasteiger partial charge in [0.1, 0.15) is 11.5 Å². The summed E-state index contributed by atoms with van der Waals surface area (Å²) in [5, 5.41) is 12.1. The molecule has 0 spiro atoms. The summed E-state index contributed by atoms with van der Waals surface area (Å²) >= 11 is 0. The number of benzene rings is 1. The number of oxime groups is 1. The van der Waals surface area contributed by atoms with Crippen molar-refractivity contribution in [3.63, 3.8) is 0 Å². The Morgan fingerprint density at radius 3 is 2.76 bits per heavy atom. The topological polar surface area (TPSA) is 71.4 Å². The normalized spacial score (nSPS) is 14.7. The maximum Gasteiger partial charge on any atom is 0.260 e. The number of amides is 1. The molecule has 0 aliphatic heterocycles. The van der Waals surface area contributed by atoms with E-state index in [1.807, 2.05) is 0 Å². The Bertz CT molecular complexity index is 553. The standard InChI is InChI=1S/C15H20N2O4/c1-10(16-19)13-7-6-12(20-3)8-14(13)21-9-15(18)17(2)11-4-5-11/h6-8,11,19H,4-5,9H2,1-3H3/b16-10+. The zero-order valence-electron chi connectivity index (χ0n) is 12.5. The number of methoxy groups -OCH3 is 1. The monoisotopic (exact) mass is 292 g/mol. The molecule has 0 saturated heterocycles. The average molecular weight is 292 g/mol. The van der Waals surface area contributed by atoms with Crippen LogP contribution in [-0.2, 0) is 4.79 Å². The van der Waals surface area contributed by atoms with E-state index in [1.165, 1.54) is 0 Å². The lowest BCUT2D eigenvalue weighted by molar-refractivity contribution is -0.132. The van der Waals surface area contributed by atoms with Crippen molar-refractivity contribution >= 4 is 11.6 Å². The van der Waals surface area contributed by atoms with Crippen molar-refractivity contribution in [1.29, 1.82) is 0 Å². The van der Waals surface area contributed by atoms with Crippen LogP contribution in [0.1, 0.15) is 25.3 Å². The molecule has 1 aromatic rings. The molecular formula is C15H20N2O4. The second-order valence-corrected chi connectivity index (χ2v) is 5.07. The minimum absolute atomic E-state index is 0.0497. The summed E-state index contributed by atoms with van der Waals surface area (Å²) in [7, 11) is 3.34. The lowest BCUT2D eigenvalue weighted by atomic mass is 10.1. The third-order valence-electron chi connectivity index (χ3n) is 3.57. The molecule has 1 aliphatic rings. The highest BCUT2D eigenvalue weighted by Crippen LogP contribution is 2.27.